The van der Waals surface area contributed by atoms with Gasteiger partial charge in [0.2, 0.25) is 5.78 Å². The van der Waals surface area contributed by atoms with E-state index in [1.165, 1.54) is 0 Å². The van der Waals surface area contributed by atoms with Crippen molar-refractivity contribution in [2.45, 2.75) is 33.1 Å². The SMILES string of the molecule is CC1(C)CC=C(C(=O)c2ncc(Br)[nH]2)CC1. The molecule has 4 heteroatoms. The molecule has 1 aromatic rings. The van der Waals surface area contributed by atoms with Gasteiger partial charge in [0.25, 0.3) is 0 Å². The molecule has 0 saturated heterocycles. The fourth-order valence-electron chi connectivity index (χ4n) is 1.85. The molecule has 2 rings (SSSR count). The van der Waals surface area contributed by atoms with Crippen LogP contribution in [0.5, 0.6) is 0 Å². The molecule has 0 atom stereocenters. The number of nitrogens with one attached hydrogen (secondary N) is 1. The predicted octanol–water partition coefficient (Wildman–Crippen LogP) is 3.49. The van der Waals surface area contributed by atoms with Gasteiger partial charge in [0.1, 0.15) is 4.60 Å². The van der Waals surface area contributed by atoms with Gasteiger partial charge in [-0.15, -0.1) is 0 Å². The minimum atomic E-state index is 0.0289. The molecule has 1 aliphatic carbocycles. The number of halogens is 1. The molecule has 1 aliphatic rings. The van der Waals surface area contributed by atoms with Crippen LogP contribution in [0.15, 0.2) is 22.4 Å². The van der Waals surface area contributed by atoms with Gasteiger partial charge < -0.3 is 4.98 Å². The largest absolute Gasteiger partial charge is 0.330 e. The first-order valence-corrected chi connectivity index (χ1v) is 6.21. The second-order valence-electron chi connectivity index (χ2n) is 5.01. The summed E-state index contributed by atoms with van der Waals surface area (Å²) in [5.74, 6) is 0.457. The summed E-state index contributed by atoms with van der Waals surface area (Å²) in [5.41, 5.74) is 1.22. The number of carbonyl (C=O) groups is 1. The lowest BCUT2D eigenvalue weighted by molar-refractivity contribution is 0.101. The Morgan fingerprint density at radius 1 is 1.56 bits per heavy atom. The molecular weight excluding hydrogens is 268 g/mol. The molecule has 1 heterocycles. The topological polar surface area (TPSA) is 45.8 Å². The van der Waals surface area contributed by atoms with Crippen molar-refractivity contribution in [3.05, 3.63) is 28.3 Å². The van der Waals surface area contributed by atoms with Crippen molar-refractivity contribution in [3.8, 4) is 0 Å². The minimum Gasteiger partial charge on any atom is -0.330 e. The molecule has 0 bridgehead atoms. The Morgan fingerprint density at radius 3 is 2.81 bits per heavy atom. The van der Waals surface area contributed by atoms with Crippen LogP contribution in [-0.4, -0.2) is 15.8 Å². The van der Waals surface area contributed by atoms with E-state index in [1.807, 2.05) is 0 Å². The smallest absolute Gasteiger partial charge is 0.223 e. The molecular formula is C12H15BrN2O. The van der Waals surface area contributed by atoms with Crippen LogP contribution in [0.1, 0.15) is 43.7 Å². The maximum absolute atomic E-state index is 12.0. The zero-order chi connectivity index (χ0) is 11.8. The van der Waals surface area contributed by atoms with E-state index in [2.05, 4.69) is 45.8 Å². The van der Waals surface area contributed by atoms with E-state index in [-0.39, 0.29) is 5.78 Å². The number of nitrogens with zero attached hydrogens (tertiary/aromatic N) is 1. The molecule has 0 fully saturated rings. The summed E-state index contributed by atoms with van der Waals surface area (Å²) in [7, 11) is 0. The Hall–Kier alpha value is -0.900. The minimum absolute atomic E-state index is 0.0289. The monoisotopic (exact) mass is 282 g/mol. The molecule has 1 aromatic heterocycles. The number of carbonyl (C=O) groups excluding carboxylic acids is 1. The van der Waals surface area contributed by atoms with Crippen molar-refractivity contribution >= 4 is 21.7 Å². The Kier molecular flexibility index (Phi) is 3.02. The van der Waals surface area contributed by atoms with E-state index in [0.717, 1.165) is 29.4 Å². The van der Waals surface area contributed by atoms with Gasteiger partial charge in [-0.3, -0.25) is 4.79 Å². The summed E-state index contributed by atoms with van der Waals surface area (Å²) in [6.07, 6.45) is 6.55. The first-order valence-electron chi connectivity index (χ1n) is 5.42. The Labute approximate surface area is 103 Å². The maximum Gasteiger partial charge on any atom is 0.223 e. The van der Waals surface area contributed by atoms with Crippen LogP contribution in [0, 0.1) is 5.41 Å². The zero-order valence-corrected chi connectivity index (χ0v) is 11.1. The summed E-state index contributed by atoms with van der Waals surface area (Å²) in [5, 5.41) is 0. The lowest BCUT2D eigenvalue weighted by Crippen LogP contribution is -2.18. The summed E-state index contributed by atoms with van der Waals surface area (Å²) < 4.78 is 0.743. The van der Waals surface area contributed by atoms with Crippen LogP contribution in [-0.2, 0) is 0 Å². The second kappa shape index (κ2) is 4.17. The number of hydrogen-bond donors (Lipinski definition) is 1. The Balaban J connectivity index is 2.15. The van der Waals surface area contributed by atoms with Crippen LogP contribution in [0.2, 0.25) is 0 Å². The van der Waals surface area contributed by atoms with Crippen molar-refractivity contribution in [1.29, 1.82) is 0 Å². The van der Waals surface area contributed by atoms with Gasteiger partial charge in [-0.25, -0.2) is 4.98 Å². The van der Waals surface area contributed by atoms with Gasteiger partial charge in [-0.2, -0.15) is 0 Å². The van der Waals surface area contributed by atoms with Crippen molar-refractivity contribution in [2.75, 3.05) is 0 Å². The fourth-order valence-corrected chi connectivity index (χ4v) is 2.14. The Morgan fingerprint density at radius 2 is 2.31 bits per heavy atom. The van der Waals surface area contributed by atoms with Crippen LogP contribution in [0.3, 0.4) is 0 Å². The van der Waals surface area contributed by atoms with Crippen LogP contribution >= 0.6 is 15.9 Å². The van der Waals surface area contributed by atoms with E-state index < -0.39 is 0 Å². The van der Waals surface area contributed by atoms with Gasteiger partial charge in [0, 0.05) is 0 Å². The highest BCUT2D eigenvalue weighted by Crippen LogP contribution is 2.34. The fraction of sp³-hybridized carbons (Fsp3) is 0.500. The predicted molar refractivity (Wildman–Crippen MR) is 66.3 cm³/mol. The number of Topliss-reactive ketones (excluding diaryl/α,β-unsaturated/α-hetero) is 1. The van der Waals surface area contributed by atoms with Gasteiger partial charge in [-0.1, -0.05) is 19.9 Å². The molecule has 0 aromatic carbocycles. The first kappa shape index (κ1) is 11.6. The number of aromatic nitrogens is 2. The summed E-state index contributed by atoms with van der Waals surface area (Å²) >= 11 is 3.25. The van der Waals surface area contributed by atoms with Gasteiger partial charge >= 0.3 is 0 Å². The zero-order valence-electron chi connectivity index (χ0n) is 9.51. The number of H-pyrrole nitrogens is 1. The lowest BCUT2D eigenvalue weighted by Gasteiger charge is -2.27. The van der Waals surface area contributed by atoms with Crippen molar-refractivity contribution in [1.82, 2.24) is 9.97 Å². The molecule has 0 spiro atoms. The first-order chi connectivity index (χ1) is 7.48. The molecule has 16 heavy (non-hydrogen) atoms. The van der Waals surface area contributed by atoms with Gasteiger partial charge in [-0.05, 0) is 46.2 Å². The highest BCUT2D eigenvalue weighted by Gasteiger charge is 2.25. The number of hydrogen-bond acceptors (Lipinski definition) is 2. The van der Waals surface area contributed by atoms with E-state index in [9.17, 15) is 4.79 Å². The van der Waals surface area contributed by atoms with Crippen LogP contribution < -0.4 is 0 Å². The summed E-state index contributed by atoms with van der Waals surface area (Å²) in [6, 6.07) is 0. The number of imidazole rings is 1. The average molecular weight is 283 g/mol. The highest BCUT2D eigenvalue weighted by molar-refractivity contribution is 9.10. The molecule has 0 unspecified atom stereocenters. The quantitative estimate of drug-likeness (QED) is 0.844. The van der Waals surface area contributed by atoms with E-state index >= 15 is 0 Å². The molecule has 1 N–H and O–H groups in total. The van der Waals surface area contributed by atoms with Crippen molar-refractivity contribution < 1.29 is 4.79 Å². The summed E-state index contributed by atoms with van der Waals surface area (Å²) in [4.78, 5) is 19.0. The molecule has 0 amide bonds. The van der Waals surface area contributed by atoms with E-state index in [0.29, 0.717) is 11.2 Å². The van der Waals surface area contributed by atoms with Crippen molar-refractivity contribution in [2.24, 2.45) is 5.41 Å². The van der Waals surface area contributed by atoms with Crippen LogP contribution in [0.25, 0.3) is 0 Å². The second-order valence-corrected chi connectivity index (χ2v) is 5.86. The molecule has 0 saturated carbocycles. The molecule has 0 radical (unpaired) electrons. The standard InChI is InChI=1S/C12H15BrN2O/c1-12(2)5-3-8(4-6-12)10(16)11-14-7-9(13)15-11/h3,7H,4-6H2,1-2H3,(H,14,15). The molecule has 86 valence electrons. The third-order valence-electron chi connectivity index (χ3n) is 3.02. The average Bonchev–Trinajstić information content (AvgIpc) is 2.64. The molecule has 3 nitrogen and oxygen atoms in total. The normalized spacial score (nSPS) is 19.3. The number of allylic oxidation sites excluding steroid dienone is 2. The number of ketones is 1. The number of rotatable bonds is 2. The third-order valence-corrected chi connectivity index (χ3v) is 3.43. The number of aromatic amines is 1. The highest BCUT2D eigenvalue weighted by atomic mass is 79.9. The van der Waals surface area contributed by atoms with Crippen LogP contribution in [0.4, 0.5) is 0 Å². The Bertz CT molecular complexity index is 446. The van der Waals surface area contributed by atoms with E-state index in [1.54, 1.807) is 6.20 Å². The molecule has 0 aliphatic heterocycles. The summed E-state index contributed by atoms with van der Waals surface area (Å²) in [6.45, 7) is 4.46. The van der Waals surface area contributed by atoms with Crippen molar-refractivity contribution in [3.63, 3.8) is 0 Å². The lowest BCUT2D eigenvalue weighted by atomic mass is 9.77. The van der Waals surface area contributed by atoms with Gasteiger partial charge in [0.05, 0.1) is 6.20 Å². The van der Waals surface area contributed by atoms with E-state index in [4.69, 9.17) is 0 Å². The maximum atomic E-state index is 12.0. The third kappa shape index (κ3) is 2.43. The van der Waals surface area contributed by atoms with Gasteiger partial charge in [0.15, 0.2) is 5.82 Å².